The van der Waals surface area contributed by atoms with Crippen molar-refractivity contribution in [3.05, 3.63) is 24.0 Å². The van der Waals surface area contributed by atoms with Gasteiger partial charge in [0.15, 0.2) is 0 Å². The lowest BCUT2D eigenvalue weighted by molar-refractivity contribution is -0.115. The number of imidazole rings is 1. The standard InChI is InChI=1S/C14H18BrN3O/c1-8(15)12(19)16-9-5-6-10-11(7-9)18-13(17-10)14(2,3)4/h5-8H,1-4H3,(H,16,19)(H,17,18). The minimum atomic E-state index is -0.213. The molecule has 1 aromatic carbocycles. The summed E-state index contributed by atoms with van der Waals surface area (Å²) in [5, 5.41) is 2.85. The Morgan fingerprint density at radius 1 is 1.42 bits per heavy atom. The smallest absolute Gasteiger partial charge is 0.237 e. The first-order chi connectivity index (χ1) is 8.77. The first kappa shape index (κ1) is 14.1. The van der Waals surface area contributed by atoms with Gasteiger partial charge in [-0.1, -0.05) is 36.7 Å². The summed E-state index contributed by atoms with van der Waals surface area (Å²) < 4.78 is 0. The van der Waals surface area contributed by atoms with Crippen LogP contribution in [0.4, 0.5) is 5.69 Å². The van der Waals surface area contributed by atoms with Crippen molar-refractivity contribution in [1.29, 1.82) is 0 Å². The molecule has 0 radical (unpaired) electrons. The van der Waals surface area contributed by atoms with Crippen molar-refractivity contribution < 1.29 is 4.79 Å². The summed E-state index contributed by atoms with van der Waals surface area (Å²) >= 11 is 3.25. The Hall–Kier alpha value is -1.36. The number of carbonyl (C=O) groups excluding carboxylic acids is 1. The van der Waals surface area contributed by atoms with Crippen LogP contribution < -0.4 is 5.32 Å². The number of halogens is 1. The number of carbonyl (C=O) groups is 1. The van der Waals surface area contributed by atoms with Crippen LogP contribution >= 0.6 is 15.9 Å². The van der Waals surface area contributed by atoms with E-state index >= 15 is 0 Å². The maximum atomic E-state index is 11.6. The van der Waals surface area contributed by atoms with Gasteiger partial charge in [-0.25, -0.2) is 4.98 Å². The number of nitrogens with one attached hydrogen (secondary N) is 2. The highest BCUT2D eigenvalue weighted by molar-refractivity contribution is 9.10. The van der Waals surface area contributed by atoms with Gasteiger partial charge in [-0.2, -0.15) is 0 Å². The number of fused-ring (bicyclic) bond motifs is 1. The predicted octanol–water partition coefficient (Wildman–Crippen LogP) is 3.58. The molecular formula is C14H18BrN3O. The van der Waals surface area contributed by atoms with Gasteiger partial charge in [-0.05, 0) is 25.1 Å². The second-order valence-electron chi connectivity index (χ2n) is 5.67. The number of hydrogen-bond acceptors (Lipinski definition) is 2. The van der Waals surface area contributed by atoms with Gasteiger partial charge in [0.1, 0.15) is 5.82 Å². The average molecular weight is 324 g/mol. The number of amides is 1. The quantitative estimate of drug-likeness (QED) is 0.830. The summed E-state index contributed by atoms with van der Waals surface area (Å²) in [5.41, 5.74) is 2.60. The van der Waals surface area contributed by atoms with E-state index in [1.54, 1.807) is 6.92 Å². The molecule has 0 saturated carbocycles. The second-order valence-corrected chi connectivity index (χ2v) is 7.05. The number of hydrogen-bond donors (Lipinski definition) is 2. The summed E-state index contributed by atoms with van der Waals surface area (Å²) in [6.07, 6.45) is 0. The van der Waals surface area contributed by atoms with Crippen LogP contribution in [0.2, 0.25) is 0 Å². The Bertz CT molecular complexity index is 611. The van der Waals surface area contributed by atoms with E-state index in [0.29, 0.717) is 0 Å². The number of aromatic amines is 1. The molecule has 2 rings (SSSR count). The monoisotopic (exact) mass is 323 g/mol. The Kier molecular flexibility index (Phi) is 3.67. The molecular weight excluding hydrogens is 306 g/mol. The van der Waals surface area contributed by atoms with E-state index in [4.69, 9.17) is 0 Å². The molecule has 0 aliphatic carbocycles. The number of nitrogens with zero attached hydrogens (tertiary/aromatic N) is 1. The number of anilines is 1. The predicted molar refractivity (Wildman–Crippen MR) is 81.8 cm³/mol. The van der Waals surface area contributed by atoms with E-state index in [2.05, 4.69) is 52.0 Å². The van der Waals surface area contributed by atoms with Gasteiger partial charge in [0.05, 0.1) is 15.9 Å². The molecule has 0 aliphatic heterocycles. The van der Waals surface area contributed by atoms with Crippen LogP contribution in [0.15, 0.2) is 18.2 Å². The van der Waals surface area contributed by atoms with Gasteiger partial charge >= 0.3 is 0 Å². The SMILES string of the molecule is CC(Br)C(=O)Nc1ccc2nc(C(C)(C)C)[nH]c2c1. The Morgan fingerprint density at radius 2 is 2.11 bits per heavy atom. The fraction of sp³-hybridized carbons (Fsp3) is 0.429. The van der Waals surface area contributed by atoms with Gasteiger partial charge in [0, 0.05) is 11.1 Å². The molecule has 0 bridgehead atoms. The van der Waals surface area contributed by atoms with Crippen molar-refractivity contribution >= 4 is 38.6 Å². The third-order valence-electron chi connectivity index (χ3n) is 2.82. The third-order valence-corrected chi connectivity index (χ3v) is 3.24. The second kappa shape index (κ2) is 4.96. The van der Waals surface area contributed by atoms with Crippen LogP contribution in [0.5, 0.6) is 0 Å². The molecule has 0 spiro atoms. The molecule has 1 atom stereocenters. The van der Waals surface area contributed by atoms with Crippen molar-refractivity contribution in [3.63, 3.8) is 0 Å². The van der Waals surface area contributed by atoms with E-state index in [1.807, 2.05) is 18.2 Å². The van der Waals surface area contributed by atoms with Gasteiger partial charge in [0.25, 0.3) is 0 Å². The van der Waals surface area contributed by atoms with Crippen molar-refractivity contribution in [2.45, 2.75) is 37.9 Å². The summed E-state index contributed by atoms with van der Waals surface area (Å²) in [6.45, 7) is 8.13. The van der Waals surface area contributed by atoms with Gasteiger partial charge in [-0.15, -0.1) is 0 Å². The lowest BCUT2D eigenvalue weighted by Crippen LogP contribution is -2.19. The molecule has 5 heteroatoms. The highest BCUT2D eigenvalue weighted by atomic mass is 79.9. The van der Waals surface area contributed by atoms with E-state index in [-0.39, 0.29) is 16.1 Å². The maximum absolute atomic E-state index is 11.6. The molecule has 1 heterocycles. The van der Waals surface area contributed by atoms with Crippen molar-refractivity contribution in [2.24, 2.45) is 0 Å². The maximum Gasteiger partial charge on any atom is 0.237 e. The van der Waals surface area contributed by atoms with E-state index in [9.17, 15) is 4.79 Å². The third kappa shape index (κ3) is 3.15. The summed E-state index contributed by atoms with van der Waals surface area (Å²) in [5.74, 6) is 0.884. The highest BCUT2D eigenvalue weighted by Gasteiger charge is 2.18. The summed E-state index contributed by atoms with van der Waals surface area (Å²) in [7, 11) is 0. The minimum absolute atomic E-state index is 0.0210. The fourth-order valence-electron chi connectivity index (χ4n) is 1.68. The molecule has 19 heavy (non-hydrogen) atoms. The van der Waals surface area contributed by atoms with Gasteiger partial charge < -0.3 is 10.3 Å². The number of alkyl halides is 1. The number of aromatic nitrogens is 2. The molecule has 0 aliphatic rings. The highest BCUT2D eigenvalue weighted by Crippen LogP contribution is 2.24. The number of rotatable bonds is 2. The van der Waals surface area contributed by atoms with Crippen LogP contribution in [0, 0.1) is 0 Å². The fourth-order valence-corrected chi connectivity index (χ4v) is 1.80. The van der Waals surface area contributed by atoms with Crippen molar-refractivity contribution in [2.75, 3.05) is 5.32 Å². The first-order valence-electron chi connectivity index (χ1n) is 6.22. The minimum Gasteiger partial charge on any atom is -0.341 e. The van der Waals surface area contributed by atoms with Crippen molar-refractivity contribution in [1.82, 2.24) is 9.97 Å². The van der Waals surface area contributed by atoms with Crippen LogP contribution in [0.25, 0.3) is 11.0 Å². The zero-order chi connectivity index (χ0) is 14.2. The van der Waals surface area contributed by atoms with E-state index in [1.165, 1.54) is 0 Å². The van der Waals surface area contributed by atoms with Gasteiger partial charge in [-0.3, -0.25) is 4.79 Å². The molecule has 1 aromatic heterocycles. The first-order valence-corrected chi connectivity index (χ1v) is 7.14. The summed E-state index contributed by atoms with van der Waals surface area (Å²) in [4.78, 5) is 19.3. The Morgan fingerprint density at radius 3 is 2.68 bits per heavy atom. The number of H-pyrrole nitrogens is 1. The molecule has 0 fully saturated rings. The Labute approximate surface area is 121 Å². The molecule has 0 saturated heterocycles. The van der Waals surface area contributed by atoms with E-state index < -0.39 is 0 Å². The van der Waals surface area contributed by atoms with E-state index in [0.717, 1.165) is 22.5 Å². The summed E-state index contributed by atoms with van der Waals surface area (Å²) in [6, 6.07) is 5.68. The molecule has 1 amide bonds. The van der Waals surface area contributed by atoms with Crippen LogP contribution in [0.3, 0.4) is 0 Å². The molecule has 1 unspecified atom stereocenters. The molecule has 2 N–H and O–H groups in total. The lowest BCUT2D eigenvalue weighted by atomic mass is 9.96. The average Bonchev–Trinajstić information content (AvgIpc) is 2.71. The van der Waals surface area contributed by atoms with Crippen LogP contribution in [0.1, 0.15) is 33.5 Å². The van der Waals surface area contributed by atoms with Crippen LogP contribution in [-0.4, -0.2) is 20.7 Å². The molecule has 2 aromatic rings. The number of benzene rings is 1. The Balaban J connectivity index is 2.33. The normalized spacial score (nSPS) is 13.5. The zero-order valence-electron chi connectivity index (χ0n) is 11.5. The molecule has 102 valence electrons. The van der Waals surface area contributed by atoms with Crippen LogP contribution in [-0.2, 0) is 10.2 Å². The lowest BCUT2D eigenvalue weighted by Gasteiger charge is -2.13. The van der Waals surface area contributed by atoms with Gasteiger partial charge in [0.2, 0.25) is 5.91 Å². The topological polar surface area (TPSA) is 57.8 Å². The largest absolute Gasteiger partial charge is 0.341 e. The zero-order valence-corrected chi connectivity index (χ0v) is 13.1. The molecule has 4 nitrogen and oxygen atoms in total. The van der Waals surface area contributed by atoms with Crippen molar-refractivity contribution in [3.8, 4) is 0 Å².